The van der Waals surface area contributed by atoms with Gasteiger partial charge in [-0.05, 0) is 12.8 Å². The van der Waals surface area contributed by atoms with Crippen molar-refractivity contribution in [1.29, 1.82) is 0 Å². The number of allylic oxidation sites excluding steroid dienone is 4. The summed E-state index contributed by atoms with van der Waals surface area (Å²) < 4.78 is 22.1. The Labute approximate surface area is 193 Å². The summed E-state index contributed by atoms with van der Waals surface area (Å²) in [4.78, 5) is 13.4. The molecule has 1 fully saturated rings. The average molecular weight is 459 g/mol. The highest BCUT2D eigenvalue weighted by atomic mass is 32.2. The number of hydrogen-bond donors (Lipinski definition) is 0. The van der Waals surface area contributed by atoms with E-state index in [4.69, 9.17) is 18.9 Å². The minimum atomic E-state index is 0.514. The molecule has 3 aliphatic rings. The van der Waals surface area contributed by atoms with Crippen LogP contribution in [0.3, 0.4) is 0 Å². The number of rotatable bonds is 9. The van der Waals surface area contributed by atoms with Gasteiger partial charge < -0.3 is 23.8 Å². The zero-order chi connectivity index (χ0) is 22.2. The zero-order valence-corrected chi connectivity index (χ0v) is 19.5. The molecule has 8 nitrogen and oxygen atoms in total. The largest absolute Gasteiger partial charge is 0.481 e. The van der Waals surface area contributed by atoms with Crippen molar-refractivity contribution in [3.8, 4) is 11.8 Å². The van der Waals surface area contributed by atoms with Gasteiger partial charge in [-0.15, -0.1) is 0 Å². The van der Waals surface area contributed by atoms with E-state index in [1.165, 1.54) is 5.57 Å². The van der Waals surface area contributed by atoms with Crippen molar-refractivity contribution < 1.29 is 18.9 Å². The first-order chi connectivity index (χ1) is 15.7. The van der Waals surface area contributed by atoms with E-state index in [-0.39, 0.29) is 0 Å². The number of aromatic nitrogens is 2. The maximum absolute atomic E-state index is 5.88. The Balaban J connectivity index is 1.17. The van der Waals surface area contributed by atoms with Gasteiger partial charge in [0.15, 0.2) is 11.4 Å². The maximum atomic E-state index is 5.88. The van der Waals surface area contributed by atoms with Crippen LogP contribution in [0.1, 0.15) is 19.3 Å². The van der Waals surface area contributed by atoms with Crippen molar-refractivity contribution >= 4 is 11.8 Å². The van der Waals surface area contributed by atoms with E-state index in [1.807, 2.05) is 0 Å². The maximum Gasteiger partial charge on any atom is 0.231 e. The Morgan fingerprint density at radius 3 is 2.44 bits per heavy atom. The summed E-state index contributed by atoms with van der Waals surface area (Å²) in [5, 5.41) is 0.667. The van der Waals surface area contributed by atoms with Gasteiger partial charge in [0.25, 0.3) is 0 Å². The van der Waals surface area contributed by atoms with Crippen molar-refractivity contribution in [1.82, 2.24) is 19.8 Å². The summed E-state index contributed by atoms with van der Waals surface area (Å²) in [5.41, 5.74) is 1.38. The van der Waals surface area contributed by atoms with Gasteiger partial charge in [-0.3, -0.25) is 4.90 Å². The Kier molecular flexibility index (Phi) is 7.95. The third kappa shape index (κ3) is 6.20. The SMILES string of the molecule is COc1cc(OC)nc(SCCN2CCN(C3=COC(CC4=CC=CCC4)=CO3)CC2)n1. The molecule has 0 atom stereocenters. The molecule has 9 heteroatoms. The summed E-state index contributed by atoms with van der Waals surface area (Å²) >= 11 is 1.61. The summed E-state index contributed by atoms with van der Waals surface area (Å²) in [6.07, 6.45) is 13.0. The summed E-state index contributed by atoms with van der Waals surface area (Å²) in [6, 6.07) is 1.68. The first-order valence-corrected chi connectivity index (χ1v) is 11.9. The van der Waals surface area contributed by atoms with Crippen LogP contribution in [0.2, 0.25) is 0 Å². The van der Waals surface area contributed by atoms with Gasteiger partial charge in [-0.1, -0.05) is 35.6 Å². The average Bonchev–Trinajstić information content (AvgIpc) is 2.85. The Morgan fingerprint density at radius 1 is 1.03 bits per heavy atom. The lowest BCUT2D eigenvalue weighted by Crippen LogP contribution is -2.46. The lowest BCUT2D eigenvalue weighted by atomic mass is 10.0. The van der Waals surface area contributed by atoms with E-state index >= 15 is 0 Å². The molecule has 0 N–H and O–H groups in total. The molecule has 0 saturated carbocycles. The molecule has 172 valence electrons. The summed E-state index contributed by atoms with van der Waals surface area (Å²) in [7, 11) is 3.18. The van der Waals surface area contributed by atoms with Crippen molar-refractivity contribution in [3.05, 3.63) is 54.0 Å². The predicted octanol–water partition coefficient (Wildman–Crippen LogP) is 3.56. The van der Waals surface area contributed by atoms with Crippen LogP contribution >= 0.6 is 11.8 Å². The molecule has 0 unspecified atom stereocenters. The van der Waals surface area contributed by atoms with Crippen LogP contribution in [-0.2, 0) is 9.47 Å². The van der Waals surface area contributed by atoms with Crippen LogP contribution in [0.15, 0.2) is 59.2 Å². The molecule has 0 radical (unpaired) electrons. The van der Waals surface area contributed by atoms with Crippen LogP contribution in [0.25, 0.3) is 0 Å². The minimum Gasteiger partial charge on any atom is -0.481 e. The first-order valence-electron chi connectivity index (χ1n) is 10.9. The highest BCUT2D eigenvalue weighted by Crippen LogP contribution is 2.25. The molecule has 1 aliphatic carbocycles. The van der Waals surface area contributed by atoms with Crippen LogP contribution in [-0.4, -0.2) is 72.5 Å². The molecule has 0 bridgehead atoms. The molecule has 32 heavy (non-hydrogen) atoms. The Morgan fingerprint density at radius 2 is 1.81 bits per heavy atom. The molecule has 2 aliphatic heterocycles. The highest BCUT2D eigenvalue weighted by molar-refractivity contribution is 7.99. The topological polar surface area (TPSA) is 69.2 Å². The van der Waals surface area contributed by atoms with E-state index < -0.39 is 0 Å². The van der Waals surface area contributed by atoms with Crippen LogP contribution in [0.4, 0.5) is 0 Å². The Bertz CT molecular complexity index is 885. The molecule has 1 saturated heterocycles. The van der Waals surface area contributed by atoms with E-state index in [1.54, 1.807) is 44.6 Å². The molecule has 0 aromatic carbocycles. The fourth-order valence-corrected chi connectivity index (χ4v) is 4.52. The van der Waals surface area contributed by atoms with Crippen molar-refractivity contribution in [2.24, 2.45) is 0 Å². The van der Waals surface area contributed by atoms with Crippen LogP contribution < -0.4 is 9.47 Å². The summed E-state index contributed by atoms with van der Waals surface area (Å²) in [5.74, 6) is 3.58. The van der Waals surface area contributed by atoms with Crippen LogP contribution in [0, 0.1) is 0 Å². The quantitative estimate of drug-likeness (QED) is 0.408. The molecule has 0 spiro atoms. The van der Waals surface area contributed by atoms with Gasteiger partial charge in [0.2, 0.25) is 17.6 Å². The monoisotopic (exact) mass is 458 g/mol. The fourth-order valence-electron chi connectivity index (χ4n) is 3.68. The van der Waals surface area contributed by atoms with Gasteiger partial charge in [0.1, 0.15) is 12.0 Å². The van der Waals surface area contributed by atoms with Gasteiger partial charge in [-0.2, -0.15) is 9.97 Å². The molecule has 0 amide bonds. The number of nitrogens with zero attached hydrogens (tertiary/aromatic N) is 4. The van der Waals surface area contributed by atoms with Gasteiger partial charge >= 0.3 is 0 Å². The minimum absolute atomic E-state index is 0.514. The fraction of sp³-hybridized carbons (Fsp3) is 0.478. The predicted molar refractivity (Wildman–Crippen MR) is 123 cm³/mol. The second-order valence-corrected chi connectivity index (χ2v) is 8.72. The number of piperazine rings is 1. The molecule has 3 heterocycles. The van der Waals surface area contributed by atoms with Crippen molar-refractivity contribution in [3.63, 3.8) is 0 Å². The number of ether oxygens (including phenoxy) is 4. The number of hydrogen-bond acceptors (Lipinski definition) is 9. The van der Waals surface area contributed by atoms with Crippen molar-refractivity contribution in [2.75, 3.05) is 52.7 Å². The molecular weight excluding hydrogens is 428 g/mol. The standard InChI is InChI=1S/C23H30N4O4S/c1-28-20-15-21(29-2)25-23(24-20)32-13-12-26-8-10-27(11-9-26)22-17-30-19(16-31-22)14-18-6-4-3-5-7-18/h3-4,6,15-17H,5,7-14H2,1-2H3. The van der Waals surface area contributed by atoms with Crippen molar-refractivity contribution in [2.45, 2.75) is 24.4 Å². The molecule has 4 rings (SSSR count). The van der Waals surface area contributed by atoms with Gasteiger partial charge in [-0.25, -0.2) is 0 Å². The zero-order valence-electron chi connectivity index (χ0n) is 18.7. The Hall–Kier alpha value is -2.65. The highest BCUT2D eigenvalue weighted by Gasteiger charge is 2.22. The lowest BCUT2D eigenvalue weighted by Gasteiger charge is -2.36. The number of thioether (sulfide) groups is 1. The number of methoxy groups -OCH3 is 2. The molecule has 1 aromatic heterocycles. The third-order valence-corrected chi connectivity index (χ3v) is 6.35. The van der Waals surface area contributed by atoms with Gasteiger partial charge in [0.05, 0.1) is 20.3 Å². The first kappa shape index (κ1) is 22.5. The lowest BCUT2D eigenvalue weighted by molar-refractivity contribution is 0.0853. The van der Waals surface area contributed by atoms with E-state index in [2.05, 4.69) is 38.0 Å². The van der Waals surface area contributed by atoms with E-state index in [0.717, 1.165) is 69.4 Å². The van der Waals surface area contributed by atoms with Crippen LogP contribution in [0.5, 0.6) is 11.8 Å². The smallest absolute Gasteiger partial charge is 0.231 e. The van der Waals surface area contributed by atoms with Gasteiger partial charge in [0, 0.05) is 44.9 Å². The molecule has 1 aromatic rings. The third-order valence-electron chi connectivity index (χ3n) is 5.52. The second-order valence-electron chi connectivity index (χ2n) is 7.66. The van der Waals surface area contributed by atoms with E-state index in [9.17, 15) is 0 Å². The normalized spacial score (nSPS) is 18.8. The molecular formula is C23H30N4O4S. The summed E-state index contributed by atoms with van der Waals surface area (Å²) in [6.45, 7) is 4.72. The van der Waals surface area contributed by atoms with E-state index in [0.29, 0.717) is 16.9 Å². The second kappa shape index (κ2) is 11.3.